The number of carbonyl (C=O) groups excluding carboxylic acids is 1. The Kier molecular flexibility index (Phi) is 5.36. The summed E-state index contributed by atoms with van der Waals surface area (Å²) in [4.78, 5) is 22.0. The Hall–Kier alpha value is -2.82. The van der Waals surface area contributed by atoms with Gasteiger partial charge in [0.15, 0.2) is 0 Å². The molecule has 0 unspecified atom stereocenters. The molecule has 0 aliphatic rings. The van der Waals surface area contributed by atoms with E-state index in [4.69, 9.17) is 9.84 Å². The normalized spacial score (nSPS) is 10.2. The molecule has 5 heteroatoms. The van der Waals surface area contributed by atoms with Crippen molar-refractivity contribution >= 4 is 17.6 Å². The second-order valence-electron chi connectivity index (χ2n) is 5.31. The number of hydrogen-bond acceptors (Lipinski definition) is 3. The zero-order valence-corrected chi connectivity index (χ0v) is 13.1. The minimum Gasteiger partial charge on any atom is -0.481 e. The van der Waals surface area contributed by atoms with Gasteiger partial charge in [-0.05, 0) is 61.4 Å². The summed E-state index contributed by atoms with van der Waals surface area (Å²) in [5.41, 5.74) is 2.97. The van der Waals surface area contributed by atoms with Crippen molar-refractivity contribution < 1.29 is 19.4 Å². The molecule has 120 valence electrons. The highest BCUT2D eigenvalue weighted by Gasteiger charge is 2.06. The first-order valence-corrected chi connectivity index (χ1v) is 7.31. The predicted octanol–water partition coefficient (Wildman–Crippen LogP) is 3.90. The van der Waals surface area contributed by atoms with Crippen molar-refractivity contribution in [1.29, 1.82) is 0 Å². The Balaban J connectivity index is 1.95. The van der Waals surface area contributed by atoms with Crippen molar-refractivity contribution in [2.75, 3.05) is 5.32 Å². The smallest absolute Gasteiger partial charge is 0.303 e. The van der Waals surface area contributed by atoms with Crippen molar-refractivity contribution in [2.45, 2.75) is 26.7 Å². The van der Waals surface area contributed by atoms with E-state index in [9.17, 15) is 9.59 Å². The monoisotopic (exact) mass is 313 g/mol. The topological polar surface area (TPSA) is 75.6 Å². The van der Waals surface area contributed by atoms with E-state index in [1.165, 1.54) is 5.56 Å². The number of rotatable bonds is 6. The third-order valence-electron chi connectivity index (χ3n) is 3.42. The molecule has 0 aromatic heterocycles. The van der Waals surface area contributed by atoms with Crippen LogP contribution in [0.25, 0.3) is 0 Å². The number of anilines is 1. The van der Waals surface area contributed by atoms with E-state index in [2.05, 4.69) is 5.32 Å². The summed E-state index contributed by atoms with van der Waals surface area (Å²) >= 11 is 0. The van der Waals surface area contributed by atoms with E-state index >= 15 is 0 Å². The van der Waals surface area contributed by atoms with E-state index in [0.717, 1.165) is 11.3 Å². The van der Waals surface area contributed by atoms with Crippen molar-refractivity contribution in [3.05, 3.63) is 53.6 Å². The van der Waals surface area contributed by atoms with Gasteiger partial charge in [-0.25, -0.2) is 0 Å². The SMILES string of the molecule is Cc1ccc(Oc2ccc(NC(=O)CCC(=O)O)cc2)cc1C. The molecule has 0 atom stereocenters. The van der Waals surface area contributed by atoms with Crippen molar-refractivity contribution in [3.63, 3.8) is 0 Å². The van der Waals surface area contributed by atoms with E-state index < -0.39 is 5.97 Å². The standard InChI is InChI=1S/C18H19NO4/c1-12-3-6-16(11-13(12)2)23-15-7-4-14(5-8-15)19-17(20)9-10-18(21)22/h3-8,11H,9-10H2,1-2H3,(H,19,20)(H,21,22). The number of carboxylic acid groups (broad SMARTS) is 1. The van der Waals surface area contributed by atoms with Crippen LogP contribution in [0, 0.1) is 13.8 Å². The average molecular weight is 313 g/mol. The first-order valence-electron chi connectivity index (χ1n) is 7.31. The predicted molar refractivity (Wildman–Crippen MR) is 87.9 cm³/mol. The van der Waals surface area contributed by atoms with Crippen LogP contribution >= 0.6 is 0 Å². The molecular weight excluding hydrogens is 294 g/mol. The first kappa shape index (κ1) is 16.5. The molecule has 23 heavy (non-hydrogen) atoms. The van der Waals surface area contributed by atoms with Crippen LogP contribution in [0.1, 0.15) is 24.0 Å². The van der Waals surface area contributed by atoms with Gasteiger partial charge in [0.05, 0.1) is 6.42 Å². The fraction of sp³-hybridized carbons (Fsp3) is 0.222. The molecule has 0 saturated carbocycles. The Morgan fingerprint density at radius 2 is 1.61 bits per heavy atom. The number of benzene rings is 2. The lowest BCUT2D eigenvalue weighted by Gasteiger charge is -2.09. The third kappa shape index (κ3) is 5.14. The van der Waals surface area contributed by atoms with Gasteiger partial charge in [-0.2, -0.15) is 0 Å². The Bertz CT molecular complexity index is 707. The minimum atomic E-state index is -0.989. The molecule has 0 aliphatic carbocycles. The number of amides is 1. The Morgan fingerprint density at radius 3 is 2.22 bits per heavy atom. The maximum atomic E-state index is 11.6. The molecule has 0 fully saturated rings. The second kappa shape index (κ2) is 7.45. The van der Waals surface area contributed by atoms with Gasteiger partial charge in [0.2, 0.25) is 5.91 Å². The highest BCUT2D eigenvalue weighted by Crippen LogP contribution is 2.25. The third-order valence-corrected chi connectivity index (χ3v) is 3.42. The van der Waals surface area contributed by atoms with E-state index in [0.29, 0.717) is 11.4 Å². The minimum absolute atomic E-state index is 0.0454. The second-order valence-corrected chi connectivity index (χ2v) is 5.31. The summed E-state index contributed by atoms with van der Waals surface area (Å²) in [7, 11) is 0. The lowest BCUT2D eigenvalue weighted by atomic mass is 10.1. The van der Waals surface area contributed by atoms with E-state index in [-0.39, 0.29) is 18.7 Å². The number of nitrogens with one attached hydrogen (secondary N) is 1. The molecule has 2 N–H and O–H groups in total. The molecule has 2 aromatic carbocycles. The average Bonchev–Trinajstić information content (AvgIpc) is 2.51. The number of carbonyl (C=O) groups is 2. The lowest BCUT2D eigenvalue weighted by molar-refractivity contribution is -0.138. The van der Waals surface area contributed by atoms with Gasteiger partial charge in [-0.1, -0.05) is 6.07 Å². The fourth-order valence-electron chi connectivity index (χ4n) is 1.96. The fourth-order valence-corrected chi connectivity index (χ4v) is 1.96. The van der Waals surface area contributed by atoms with Crippen LogP contribution in [0.4, 0.5) is 5.69 Å². The largest absolute Gasteiger partial charge is 0.481 e. The summed E-state index contributed by atoms with van der Waals surface area (Å²) in [6, 6.07) is 12.8. The van der Waals surface area contributed by atoms with Crippen LogP contribution in [-0.2, 0) is 9.59 Å². The van der Waals surface area contributed by atoms with Gasteiger partial charge in [0, 0.05) is 12.1 Å². The molecule has 1 amide bonds. The van der Waals surface area contributed by atoms with Crippen molar-refractivity contribution in [2.24, 2.45) is 0 Å². The van der Waals surface area contributed by atoms with Gasteiger partial charge < -0.3 is 15.2 Å². The zero-order chi connectivity index (χ0) is 16.8. The van der Waals surface area contributed by atoms with Crippen LogP contribution in [0.3, 0.4) is 0 Å². The molecule has 0 saturated heterocycles. The van der Waals surface area contributed by atoms with Crippen LogP contribution in [-0.4, -0.2) is 17.0 Å². The maximum Gasteiger partial charge on any atom is 0.303 e. The van der Waals surface area contributed by atoms with Gasteiger partial charge in [0.1, 0.15) is 11.5 Å². The zero-order valence-electron chi connectivity index (χ0n) is 13.1. The maximum absolute atomic E-state index is 11.6. The molecule has 0 aliphatic heterocycles. The molecule has 0 spiro atoms. The molecule has 0 bridgehead atoms. The number of hydrogen-bond donors (Lipinski definition) is 2. The highest BCUT2D eigenvalue weighted by molar-refractivity contribution is 5.92. The number of ether oxygens (including phenoxy) is 1. The summed E-state index contributed by atoms with van der Waals surface area (Å²) in [5, 5.41) is 11.2. The quantitative estimate of drug-likeness (QED) is 0.848. The van der Waals surface area contributed by atoms with Gasteiger partial charge in [-0.3, -0.25) is 9.59 Å². The Morgan fingerprint density at radius 1 is 0.957 bits per heavy atom. The Labute approximate surface area is 134 Å². The molecule has 5 nitrogen and oxygen atoms in total. The van der Waals surface area contributed by atoms with Gasteiger partial charge >= 0.3 is 5.97 Å². The summed E-state index contributed by atoms with van der Waals surface area (Å²) in [6.07, 6.45) is -0.226. The summed E-state index contributed by atoms with van der Waals surface area (Å²) < 4.78 is 5.76. The summed E-state index contributed by atoms with van der Waals surface area (Å²) in [6.45, 7) is 4.07. The molecular formula is C18H19NO4. The summed E-state index contributed by atoms with van der Waals surface area (Å²) in [5.74, 6) is 0.107. The lowest BCUT2D eigenvalue weighted by Crippen LogP contribution is -2.12. The van der Waals surface area contributed by atoms with Crippen LogP contribution in [0.15, 0.2) is 42.5 Å². The van der Waals surface area contributed by atoms with Crippen LogP contribution in [0.2, 0.25) is 0 Å². The molecule has 0 heterocycles. The molecule has 2 aromatic rings. The molecule has 2 rings (SSSR count). The number of carboxylic acids is 1. The first-order chi connectivity index (χ1) is 10.9. The van der Waals surface area contributed by atoms with Gasteiger partial charge in [0.25, 0.3) is 0 Å². The molecule has 0 radical (unpaired) electrons. The van der Waals surface area contributed by atoms with Gasteiger partial charge in [-0.15, -0.1) is 0 Å². The van der Waals surface area contributed by atoms with E-state index in [1.54, 1.807) is 24.3 Å². The number of aryl methyl sites for hydroxylation is 2. The van der Waals surface area contributed by atoms with Crippen molar-refractivity contribution in [1.82, 2.24) is 0 Å². The number of aliphatic carboxylic acids is 1. The highest BCUT2D eigenvalue weighted by atomic mass is 16.5. The van der Waals surface area contributed by atoms with E-state index in [1.807, 2.05) is 32.0 Å². The van der Waals surface area contributed by atoms with Crippen molar-refractivity contribution in [3.8, 4) is 11.5 Å². The van der Waals surface area contributed by atoms with Crippen LogP contribution in [0.5, 0.6) is 11.5 Å². The van der Waals surface area contributed by atoms with Crippen LogP contribution < -0.4 is 10.1 Å².